The van der Waals surface area contributed by atoms with Crippen molar-refractivity contribution in [2.24, 2.45) is 0 Å². The standard InChI is InChI=1S/C18H18NO5P/c1-23-25(22,24-2)18(12-16(20)13-8-4-3-5-9-13)14-10-6-7-11-15(14)19-17(18)21/h3-11H,12H2,1-2H3,(H,19,21). The second-order valence-electron chi connectivity index (χ2n) is 5.69. The van der Waals surface area contributed by atoms with E-state index in [1.165, 1.54) is 14.2 Å². The van der Waals surface area contributed by atoms with Crippen LogP contribution in [0.25, 0.3) is 0 Å². The molecule has 3 rings (SSSR count). The fraction of sp³-hybridized carbons (Fsp3) is 0.222. The molecule has 0 saturated carbocycles. The van der Waals surface area contributed by atoms with E-state index >= 15 is 0 Å². The first-order valence-corrected chi connectivity index (χ1v) is 9.23. The van der Waals surface area contributed by atoms with E-state index in [0.29, 0.717) is 16.8 Å². The molecule has 0 spiro atoms. The first-order chi connectivity index (χ1) is 12.0. The molecule has 0 fully saturated rings. The number of ketones is 1. The number of carbonyl (C=O) groups is 2. The molecule has 0 aliphatic carbocycles. The molecule has 0 radical (unpaired) electrons. The molecule has 1 heterocycles. The van der Waals surface area contributed by atoms with E-state index in [9.17, 15) is 14.2 Å². The van der Waals surface area contributed by atoms with Gasteiger partial charge in [-0.25, -0.2) is 0 Å². The summed E-state index contributed by atoms with van der Waals surface area (Å²) in [6.45, 7) is 0. The Morgan fingerprint density at radius 3 is 2.28 bits per heavy atom. The van der Waals surface area contributed by atoms with Gasteiger partial charge in [0.05, 0.1) is 0 Å². The fourth-order valence-corrected chi connectivity index (χ4v) is 5.09. The predicted molar refractivity (Wildman–Crippen MR) is 93.8 cm³/mol. The number of hydrogen-bond acceptors (Lipinski definition) is 5. The highest BCUT2D eigenvalue weighted by atomic mass is 31.2. The maximum Gasteiger partial charge on any atom is 0.350 e. The molecule has 2 aromatic rings. The maximum absolute atomic E-state index is 13.4. The van der Waals surface area contributed by atoms with Crippen molar-refractivity contribution < 1.29 is 23.2 Å². The van der Waals surface area contributed by atoms with Crippen LogP contribution in [0.5, 0.6) is 0 Å². The maximum atomic E-state index is 13.4. The second kappa shape index (κ2) is 6.56. The highest BCUT2D eigenvalue weighted by molar-refractivity contribution is 7.56. The van der Waals surface area contributed by atoms with Crippen LogP contribution in [-0.4, -0.2) is 25.9 Å². The summed E-state index contributed by atoms with van der Waals surface area (Å²) >= 11 is 0. The van der Waals surface area contributed by atoms with Gasteiger partial charge in [0.25, 0.3) is 0 Å². The summed E-state index contributed by atoms with van der Waals surface area (Å²) in [5, 5.41) is 0.974. The Balaban J connectivity index is 2.17. The van der Waals surface area contributed by atoms with Crippen molar-refractivity contribution in [3.05, 3.63) is 65.7 Å². The Morgan fingerprint density at radius 1 is 1.04 bits per heavy atom. The monoisotopic (exact) mass is 359 g/mol. The van der Waals surface area contributed by atoms with Crippen molar-refractivity contribution in [2.45, 2.75) is 11.6 Å². The summed E-state index contributed by atoms with van der Waals surface area (Å²) in [7, 11) is -1.52. The van der Waals surface area contributed by atoms with Crippen molar-refractivity contribution in [2.75, 3.05) is 19.5 Å². The van der Waals surface area contributed by atoms with E-state index < -0.39 is 18.7 Å². The van der Waals surface area contributed by atoms with Crippen molar-refractivity contribution in [3.8, 4) is 0 Å². The zero-order chi connectivity index (χ0) is 18.1. The largest absolute Gasteiger partial charge is 0.350 e. The van der Waals surface area contributed by atoms with Gasteiger partial charge in [-0.2, -0.15) is 0 Å². The number of amides is 1. The van der Waals surface area contributed by atoms with Gasteiger partial charge < -0.3 is 14.4 Å². The lowest BCUT2D eigenvalue weighted by Gasteiger charge is -2.32. The number of benzene rings is 2. The average Bonchev–Trinajstić information content (AvgIpc) is 2.94. The minimum atomic E-state index is -3.96. The summed E-state index contributed by atoms with van der Waals surface area (Å²) in [6, 6.07) is 15.4. The smallest absolute Gasteiger partial charge is 0.324 e. The molecule has 25 heavy (non-hydrogen) atoms. The molecule has 1 aliphatic heterocycles. The van der Waals surface area contributed by atoms with Crippen molar-refractivity contribution in [1.29, 1.82) is 0 Å². The van der Waals surface area contributed by atoms with Crippen molar-refractivity contribution in [1.82, 2.24) is 0 Å². The summed E-state index contributed by atoms with van der Waals surface area (Å²) in [5.74, 6) is -0.883. The molecular formula is C18H18NO5P. The number of nitrogens with one attached hydrogen (secondary N) is 1. The van der Waals surface area contributed by atoms with Gasteiger partial charge in [0.2, 0.25) is 5.91 Å². The van der Waals surface area contributed by atoms with E-state index in [1.54, 1.807) is 54.6 Å². The number of para-hydroxylation sites is 1. The molecule has 0 bridgehead atoms. The van der Waals surface area contributed by atoms with Crippen LogP contribution < -0.4 is 5.32 Å². The number of anilines is 1. The normalized spacial score (nSPS) is 19.4. The zero-order valence-corrected chi connectivity index (χ0v) is 14.8. The molecule has 6 nitrogen and oxygen atoms in total. The van der Waals surface area contributed by atoms with Crippen LogP contribution in [0.15, 0.2) is 54.6 Å². The third-order valence-electron chi connectivity index (χ3n) is 4.46. The van der Waals surface area contributed by atoms with Gasteiger partial charge in [0.15, 0.2) is 10.9 Å². The first kappa shape index (κ1) is 17.5. The van der Waals surface area contributed by atoms with Gasteiger partial charge in [-0.05, 0) is 6.07 Å². The topological polar surface area (TPSA) is 81.7 Å². The lowest BCUT2D eigenvalue weighted by atomic mass is 9.91. The first-order valence-electron chi connectivity index (χ1n) is 7.69. The minimum absolute atomic E-state index is 0.318. The van der Waals surface area contributed by atoms with E-state index in [2.05, 4.69) is 5.32 Å². The molecule has 0 aromatic heterocycles. The van der Waals surface area contributed by atoms with E-state index in [0.717, 1.165) is 0 Å². The Morgan fingerprint density at radius 2 is 1.64 bits per heavy atom. The molecule has 2 aromatic carbocycles. The Labute approximate surface area is 145 Å². The number of Topliss-reactive ketones (excluding diaryl/α,β-unsaturated/α-hetero) is 1. The highest BCUT2D eigenvalue weighted by Crippen LogP contribution is 2.69. The molecule has 1 N–H and O–H groups in total. The highest BCUT2D eigenvalue weighted by Gasteiger charge is 2.62. The van der Waals surface area contributed by atoms with Gasteiger partial charge in [-0.15, -0.1) is 0 Å². The van der Waals surface area contributed by atoms with Crippen LogP contribution in [0.2, 0.25) is 0 Å². The van der Waals surface area contributed by atoms with Crippen LogP contribution >= 0.6 is 7.60 Å². The van der Waals surface area contributed by atoms with Crippen LogP contribution in [-0.2, 0) is 23.6 Å². The Hall–Kier alpha value is -2.27. The van der Waals surface area contributed by atoms with E-state index in [4.69, 9.17) is 9.05 Å². The fourth-order valence-electron chi connectivity index (χ4n) is 3.19. The van der Waals surface area contributed by atoms with E-state index in [1.807, 2.05) is 0 Å². The van der Waals surface area contributed by atoms with Gasteiger partial charge in [-0.1, -0.05) is 48.5 Å². The number of hydrogen-bond donors (Lipinski definition) is 1. The van der Waals surface area contributed by atoms with Gasteiger partial charge in [0, 0.05) is 37.5 Å². The van der Waals surface area contributed by atoms with Crippen LogP contribution in [0, 0.1) is 0 Å². The van der Waals surface area contributed by atoms with Crippen molar-refractivity contribution in [3.63, 3.8) is 0 Å². The zero-order valence-electron chi connectivity index (χ0n) is 13.9. The molecule has 1 atom stereocenters. The van der Waals surface area contributed by atoms with Crippen LogP contribution in [0.3, 0.4) is 0 Å². The SMILES string of the molecule is COP(=O)(OC)C1(CC(=O)c2ccccc2)C(=O)Nc2ccccc21. The average molecular weight is 359 g/mol. The predicted octanol–water partition coefficient (Wildman–Crippen LogP) is 3.59. The Bertz CT molecular complexity index is 859. The van der Waals surface area contributed by atoms with Crippen LogP contribution in [0.1, 0.15) is 22.3 Å². The van der Waals surface area contributed by atoms with E-state index in [-0.39, 0.29) is 12.2 Å². The quantitative estimate of drug-likeness (QED) is 0.630. The summed E-state index contributed by atoms with van der Waals surface area (Å²) < 4.78 is 23.7. The third-order valence-corrected chi connectivity index (χ3v) is 6.96. The van der Waals surface area contributed by atoms with Gasteiger partial charge in [0.1, 0.15) is 0 Å². The summed E-state index contributed by atoms with van der Waals surface area (Å²) in [6.07, 6.45) is -0.321. The molecular weight excluding hydrogens is 341 g/mol. The lowest BCUT2D eigenvalue weighted by Crippen LogP contribution is -2.37. The number of carbonyl (C=O) groups excluding carboxylic acids is 2. The number of fused-ring (bicyclic) bond motifs is 1. The van der Waals surface area contributed by atoms with Gasteiger partial charge >= 0.3 is 7.60 Å². The Kier molecular flexibility index (Phi) is 4.60. The number of rotatable bonds is 6. The second-order valence-corrected chi connectivity index (χ2v) is 8.18. The molecule has 1 amide bonds. The molecule has 7 heteroatoms. The third kappa shape index (κ3) is 2.63. The summed E-state index contributed by atoms with van der Waals surface area (Å²) in [4.78, 5) is 25.7. The van der Waals surface area contributed by atoms with Crippen LogP contribution in [0.4, 0.5) is 5.69 Å². The summed E-state index contributed by atoms with van der Waals surface area (Å²) in [5.41, 5.74) is 1.37. The minimum Gasteiger partial charge on any atom is -0.324 e. The van der Waals surface area contributed by atoms with Crippen molar-refractivity contribution >= 4 is 25.0 Å². The molecule has 1 aliphatic rings. The molecule has 130 valence electrons. The molecule has 0 saturated heterocycles. The molecule has 1 unspecified atom stereocenters. The lowest BCUT2D eigenvalue weighted by molar-refractivity contribution is -0.118. The van der Waals surface area contributed by atoms with Gasteiger partial charge in [-0.3, -0.25) is 14.2 Å².